The molecule has 38 heavy (non-hydrogen) atoms. The number of hydroxylamine groups is 2. The molecule has 6 unspecified atom stereocenters. The van der Waals surface area contributed by atoms with Crippen molar-refractivity contribution in [3.05, 3.63) is 30.5 Å². The van der Waals surface area contributed by atoms with E-state index in [-0.39, 0.29) is 72.6 Å². The summed E-state index contributed by atoms with van der Waals surface area (Å²) in [6.45, 7) is 5.94. The van der Waals surface area contributed by atoms with Crippen LogP contribution in [0.25, 0.3) is 0 Å². The second kappa shape index (κ2) is 22.9. The van der Waals surface area contributed by atoms with Crippen LogP contribution in [0.2, 0.25) is 0 Å². The minimum absolute atomic E-state index is 0.000483. The van der Waals surface area contributed by atoms with Gasteiger partial charge in [0, 0.05) is 13.0 Å². The van der Waals surface area contributed by atoms with E-state index in [1.807, 2.05) is 0 Å². The Morgan fingerprint density at radius 3 is 1.74 bits per heavy atom. The van der Waals surface area contributed by atoms with Crippen LogP contribution in [0.4, 0.5) is 0 Å². The molecule has 0 aromatic heterocycles. The lowest BCUT2D eigenvalue weighted by molar-refractivity contribution is -1.05. The number of hydrogen-bond donors (Lipinski definition) is 5. The molecule has 0 aliphatic carbocycles. The average molecular weight is 556 g/mol. The Hall–Kier alpha value is -2.02. The minimum Gasteiger partial charge on any atom is -0.600 e. The van der Waals surface area contributed by atoms with Gasteiger partial charge >= 0.3 is 11.9 Å². The molecule has 0 aliphatic heterocycles. The molecule has 0 aromatic carbocycles. The quantitative estimate of drug-likeness (QED) is 0.0323. The molecule has 15 heteroatoms. The van der Waals surface area contributed by atoms with E-state index in [0.29, 0.717) is 0 Å². The molecule has 0 rings (SSSR count). The number of ether oxygens (including phenoxy) is 6. The summed E-state index contributed by atoms with van der Waals surface area (Å²) in [4.78, 5) is 26.6. The van der Waals surface area contributed by atoms with E-state index in [1.54, 1.807) is 0 Å². The van der Waals surface area contributed by atoms with Gasteiger partial charge in [-0.3, -0.25) is 4.79 Å². The smallest absolute Gasteiger partial charge is 0.330 e. The topological polar surface area (TPSA) is 207 Å². The number of aliphatic hydroxyl groups excluding tert-OH is 4. The number of rotatable bonds is 25. The highest BCUT2D eigenvalue weighted by molar-refractivity contribution is 5.81. The average Bonchev–Trinajstić information content (AvgIpc) is 2.87. The number of esters is 2. The second-order valence-corrected chi connectivity index (χ2v) is 8.00. The minimum atomic E-state index is -1.13. The molecule has 0 radical (unpaired) electrons. The van der Waals surface area contributed by atoms with Crippen LogP contribution >= 0.6 is 0 Å². The number of nitrogens with one attached hydrogen (secondary N) is 1. The SMILES string of the molecule is C=CC[NH+]([O-])OCC(O)COC(COCC(O)COCC(O)COC(C)=O)COCC(O)COC(=O)C=C. The fraction of sp³-hybridized carbons (Fsp3) is 0.739. The van der Waals surface area contributed by atoms with Gasteiger partial charge in [-0.2, -0.15) is 0 Å². The molecule has 0 saturated heterocycles. The lowest BCUT2D eigenvalue weighted by atomic mass is 10.3. The molecule has 0 saturated carbocycles. The third kappa shape index (κ3) is 22.0. The Bertz CT molecular complexity index is 652. The molecule has 0 heterocycles. The molecule has 5 N–H and O–H groups in total. The number of hydrogen-bond acceptors (Lipinski definition) is 14. The van der Waals surface area contributed by atoms with Gasteiger partial charge in [0.15, 0.2) is 0 Å². The van der Waals surface area contributed by atoms with Gasteiger partial charge in [-0.05, 0) is 6.08 Å². The van der Waals surface area contributed by atoms with Crippen LogP contribution in [0.1, 0.15) is 6.92 Å². The summed E-state index contributed by atoms with van der Waals surface area (Å²) in [6, 6.07) is 0. The van der Waals surface area contributed by atoms with Crippen LogP contribution < -0.4 is 5.23 Å². The number of aliphatic hydroxyl groups is 4. The maximum atomic E-state index is 11.4. The van der Waals surface area contributed by atoms with Crippen molar-refractivity contribution in [2.24, 2.45) is 0 Å². The normalized spacial score (nSPS) is 16.1. The Morgan fingerprint density at radius 1 is 0.763 bits per heavy atom. The Balaban J connectivity index is 4.48. The van der Waals surface area contributed by atoms with Gasteiger partial charge in [-0.15, -0.1) is 0 Å². The van der Waals surface area contributed by atoms with Gasteiger partial charge in [0.25, 0.3) is 0 Å². The van der Waals surface area contributed by atoms with Crippen molar-refractivity contribution >= 4 is 11.9 Å². The Kier molecular flexibility index (Phi) is 21.7. The predicted octanol–water partition coefficient (Wildman–Crippen LogP) is -3.34. The van der Waals surface area contributed by atoms with Gasteiger partial charge < -0.3 is 54.1 Å². The van der Waals surface area contributed by atoms with Gasteiger partial charge in [-0.1, -0.05) is 13.2 Å². The van der Waals surface area contributed by atoms with Crippen molar-refractivity contribution < 1.29 is 68.5 Å². The van der Waals surface area contributed by atoms with E-state index in [1.165, 1.54) is 13.0 Å². The number of quaternary nitrogens is 1. The zero-order valence-electron chi connectivity index (χ0n) is 21.6. The molecule has 0 fully saturated rings. The van der Waals surface area contributed by atoms with E-state index in [0.717, 1.165) is 6.08 Å². The first-order valence-corrected chi connectivity index (χ1v) is 11.8. The fourth-order valence-electron chi connectivity index (χ4n) is 2.41. The van der Waals surface area contributed by atoms with E-state index in [4.69, 9.17) is 28.5 Å². The molecule has 0 amide bonds. The Labute approximate surface area is 221 Å². The summed E-state index contributed by atoms with van der Waals surface area (Å²) in [6.07, 6.45) is -2.76. The molecule has 15 nitrogen and oxygen atoms in total. The van der Waals surface area contributed by atoms with Crippen LogP contribution in [0, 0.1) is 5.21 Å². The molecule has 6 atom stereocenters. The molecule has 0 aromatic rings. The summed E-state index contributed by atoms with van der Waals surface area (Å²) >= 11 is 0. The van der Waals surface area contributed by atoms with Crippen LogP contribution in [0.15, 0.2) is 25.3 Å². The van der Waals surface area contributed by atoms with Gasteiger partial charge in [0.1, 0.15) is 56.9 Å². The third-order valence-corrected chi connectivity index (χ3v) is 4.18. The molecule has 0 bridgehead atoms. The van der Waals surface area contributed by atoms with Crippen molar-refractivity contribution in [1.82, 2.24) is 0 Å². The molecule has 0 spiro atoms. The summed E-state index contributed by atoms with van der Waals surface area (Å²) in [5, 5.41) is 50.2. The molecular weight excluding hydrogens is 514 g/mol. The van der Waals surface area contributed by atoms with Crippen molar-refractivity contribution in [1.29, 1.82) is 0 Å². The molecule has 222 valence electrons. The summed E-state index contributed by atoms with van der Waals surface area (Å²) in [7, 11) is 0. The van der Waals surface area contributed by atoms with Crippen molar-refractivity contribution in [3.63, 3.8) is 0 Å². The van der Waals surface area contributed by atoms with E-state index >= 15 is 0 Å². The highest BCUT2D eigenvalue weighted by Crippen LogP contribution is 2.01. The lowest BCUT2D eigenvalue weighted by Gasteiger charge is -2.23. The second-order valence-electron chi connectivity index (χ2n) is 8.00. The highest BCUT2D eigenvalue weighted by Gasteiger charge is 2.17. The highest BCUT2D eigenvalue weighted by atomic mass is 16.9. The first-order chi connectivity index (χ1) is 18.1. The van der Waals surface area contributed by atoms with Crippen LogP contribution in [-0.2, 0) is 42.8 Å². The monoisotopic (exact) mass is 555 g/mol. The van der Waals surface area contributed by atoms with Gasteiger partial charge in [-0.25, -0.2) is 14.9 Å². The predicted molar refractivity (Wildman–Crippen MR) is 129 cm³/mol. The van der Waals surface area contributed by atoms with Crippen molar-refractivity contribution in [3.8, 4) is 0 Å². The fourth-order valence-corrected chi connectivity index (χ4v) is 2.41. The Morgan fingerprint density at radius 2 is 1.24 bits per heavy atom. The third-order valence-electron chi connectivity index (χ3n) is 4.18. The van der Waals surface area contributed by atoms with Gasteiger partial charge in [0.05, 0.1) is 46.2 Å². The number of carbonyl (C=O) groups is 2. The largest absolute Gasteiger partial charge is 0.600 e. The van der Waals surface area contributed by atoms with Crippen molar-refractivity contribution in [2.75, 3.05) is 72.6 Å². The van der Waals surface area contributed by atoms with Crippen LogP contribution in [0.5, 0.6) is 0 Å². The zero-order chi connectivity index (χ0) is 28.8. The van der Waals surface area contributed by atoms with Crippen LogP contribution in [-0.4, -0.2) is 135 Å². The molecule has 0 aliphatic rings. The van der Waals surface area contributed by atoms with Crippen molar-refractivity contribution in [2.45, 2.75) is 37.4 Å². The zero-order valence-corrected chi connectivity index (χ0v) is 21.6. The van der Waals surface area contributed by atoms with E-state index < -0.39 is 47.7 Å². The van der Waals surface area contributed by atoms with E-state index in [9.17, 15) is 35.2 Å². The maximum absolute atomic E-state index is 11.4. The summed E-state index contributed by atoms with van der Waals surface area (Å²) in [5.41, 5.74) is 0. The molecular formula is C23H41NO14. The lowest BCUT2D eigenvalue weighted by Crippen LogP contribution is -3.06. The maximum Gasteiger partial charge on any atom is 0.330 e. The first-order valence-electron chi connectivity index (χ1n) is 11.8. The first kappa shape index (κ1) is 36.0. The number of carbonyl (C=O) groups excluding carboxylic acids is 2. The van der Waals surface area contributed by atoms with Gasteiger partial charge in [0.2, 0.25) is 0 Å². The summed E-state index contributed by atoms with van der Waals surface area (Å²) < 4.78 is 30.9. The van der Waals surface area contributed by atoms with Crippen LogP contribution in [0.3, 0.4) is 0 Å². The standard InChI is InChI=1S/C23H41NO14/c1-4-6-24(31)38-14-21(29)12-36-22(16-34-10-20(28)13-37-23(30)5-2)15-33-8-18(26)7-32-9-19(27)11-35-17(3)25/h4-5,18-22,24,26-29H,1-2,6-16H2,3H3. The summed E-state index contributed by atoms with van der Waals surface area (Å²) in [5.74, 6) is -1.23. The van der Waals surface area contributed by atoms with E-state index in [2.05, 4.69) is 17.9 Å².